The first-order valence-corrected chi connectivity index (χ1v) is 10.2. The maximum atomic E-state index is 9.63. The molecule has 1 aromatic rings. The fourth-order valence-electron chi connectivity index (χ4n) is 1.50. The van der Waals surface area contributed by atoms with Gasteiger partial charge in [0.15, 0.2) is 0 Å². The van der Waals surface area contributed by atoms with E-state index in [0.29, 0.717) is 0 Å². The van der Waals surface area contributed by atoms with E-state index in [2.05, 4.69) is 36.4 Å². The van der Waals surface area contributed by atoms with E-state index in [4.69, 9.17) is 24.3 Å². The molecule has 0 aromatic heterocycles. The van der Waals surface area contributed by atoms with Crippen molar-refractivity contribution in [1.82, 2.24) is 0 Å². The Balaban J connectivity index is 0.000000506. The fraction of sp³-hybridized carbons (Fsp3) is 0.429. The van der Waals surface area contributed by atoms with E-state index in [-0.39, 0.29) is 0 Å². The van der Waals surface area contributed by atoms with Crippen molar-refractivity contribution in [3.8, 4) is 0 Å². The third kappa shape index (κ3) is 16.1. The lowest BCUT2D eigenvalue weighted by Gasteiger charge is -2.04. The number of hydrogen-bond donors (Lipinski definition) is 4. The van der Waals surface area contributed by atoms with Crippen molar-refractivity contribution in [2.24, 2.45) is 0 Å². The second-order valence-corrected chi connectivity index (χ2v) is 7.46. The van der Waals surface area contributed by atoms with Crippen LogP contribution in [0.4, 0.5) is 0 Å². The summed E-state index contributed by atoms with van der Waals surface area (Å²) in [6, 6.07) is 10.3. The average molecular weight is 382 g/mol. The van der Waals surface area contributed by atoms with Gasteiger partial charge < -0.3 is 24.3 Å². The molecule has 0 aliphatic carbocycles. The molecule has 0 radical (unpaired) electrons. The molecule has 0 unspecified atom stereocenters. The SMILES string of the molecule is C/C=C(\C)CCCOCc1ccccc1.O=P(O)(O)OP(=O)(O)O. The molecule has 0 aliphatic heterocycles. The zero-order chi connectivity index (χ0) is 18.6. The Hall–Kier alpha value is -0.820. The highest BCUT2D eigenvalue weighted by Crippen LogP contribution is 2.53. The van der Waals surface area contributed by atoms with Gasteiger partial charge in [0.25, 0.3) is 0 Å². The lowest BCUT2D eigenvalue weighted by atomic mass is 10.2. The maximum Gasteiger partial charge on any atom is 0.478 e. The van der Waals surface area contributed by atoms with Crippen LogP contribution in [0.3, 0.4) is 0 Å². The number of phosphoric acid groups is 2. The fourth-order valence-corrected chi connectivity index (χ4v) is 2.61. The normalized spacial score (nSPS) is 12.5. The largest absolute Gasteiger partial charge is 0.478 e. The van der Waals surface area contributed by atoms with Gasteiger partial charge in [-0.1, -0.05) is 42.0 Å². The molecule has 0 bridgehead atoms. The summed E-state index contributed by atoms with van der Waals surface area (Å²) in [5.74, 6) is 0. The van der Waals surface area contributed by atoms with Gasteiger partial charge in [-0.05, 0) is 32.3 Å². The quantitative estimate of drug-likeness (QED) is 0.306. The number of hydrogen-bond acceptors (Lipinski definition) is 4. The Morgan fingerprint density at radius 2 is 1.62 bits per heavy atom. The maximum absolute atomic E-state index is 9.63. The van der Waals surface area contributed by atoms with Crippen LogP contribution in [-0.4, -0.2) is 26.2 Å². The summed E-state index contributed by atoms with van der Waals surface area (Å²) in [5.41, 5.74) is 2.69. The van der Waals surface area contributed by atoms with Crippen molar-refractivity contribution in [2.45, 2.75) is 33.3 Å². The van der Waals surface area contributed by atoms with E-state index in [1.165, 1.54) is 11.1 Å². The first-order valence-electron chi connectivity index (χ1n) is 7.09. The molecule has 138 valence electrons. The van der Waals surface area contributed by atoms with E-state index >= 15 is 0 Å². The highest BCUT2D eigenvalue weighted by Gasteiger charge is 2.27. The molecule has 24 heavy (non-hydrogen) atoms. The van der Waals surface area contributed by atoms with Crippen LogP contribution in [0.15, 0.2) is 42.0 Å². The van der Waals surface area contributed by atoms with E-state index in [1.807, 2.05) is 18.2 Å². The summed E-state index contributed by atoms with van der Waals surface area (Å²) < 4.78 is 27.8. The standard InChI is InChI=1S/C14H20O.H4O7P2/c1-3-13(2)8-7-11-15-12-14-9-5-4-6-10-14;1-8(2,3)7-9(4,5)6/h3-6,9-10H,7-8,11-12H2,1-2H3;(H2,1,2,3)(H2,4,5,6)/b13-3+;. The number of allylic oxidation sites excluding steroid dienone is 2. The molecule has 0 fully saturated rings. The Kier molecular flexibility index (Phi) is 11.3. The molecule has 0 spiro atoms. The lowest BCUT2D eigenvalue weighted by molar-refractivity contribution is 0.118. The van der Waals surface area contributed by atoms with Crippen molar-refractivity contribution in [2.75, 3.05) is 6.61 Å². The van der Waals surface area contributed by atoms with Crippen molar-refractivity contribution < 1.29 is 37.8 Å². The Morgan fingerprint density at radius 3 is 2.04 bits per heavy atom. The van der Waals surface area contributed by atoms with Gasteiger partial charge >= 0.3 is 15.6 Å². The second kappa shape index (κ2) is 11.7. The molecular formula is C14H24O8P2. The highest BCUT2D eigenvalue weighted by atomic mass is 31.3. The van der Waals surface area contributed by atoms with Gasteiger partial charge in [-0.15, -0.1) is 0 Å². The lowest BCUT2D eigenvalue weighted by Crippen LogP contribution is -1.95. The van der Waals surface area contributed by atoms with Crippen LogP contribution in [0.5, 0.6) is 0 Å². The first kappa shape index (κ1) is 23.2. The summed E-state index contributed by atoms with van der Waals surface area (Å²) in [6.45, 7) is 5.83. The Bertz CT molecular complexity index is 556. The van der Waals surface area contributed by atoms with Crippen molar-refractivity contribution in [3.63, 3.8) is 0 Å². The summed E-state index contributed by atoms with van der Waals surface area (Å²) in [4.78, 5) is 31.0. The van der Waals surface area contributed by atoms with Crippen molar-refractivity contribution in [1.29, 1.82) is 0 Å². The molecular weight excluding hydrogens is 358 g/mol. The van der Waals surface area contributed by atoms with Gasteiger partial charge in [0.05, 0.1) is 6.61 Å². The third-order valence-electron chi connectivity index (χ3n) is 2.68. The van der Waals surface area contributed by atoms with Gasteiger partial charge in [0, 0.05) is 6.61 Å². The van der Waals surface area contributed by atoms with Gasteiger partial charge in [0.2, 0.25) is 0 Å². The van der Waals surface area contributed by atoms with E-state index in [9.17, 15) is 9.13 Å². The van der Waals surface area contributed by atoms with Crippen molar-refractivity contribution >= 4 is 15.6 Å². The molecule has 0 heterocycles. The molecule has 0 atom stereocenters. The molecule has 0 saturated heterocycles. The van der Waals surface area contributed by atoms with Gasteiger partial charge in [0.1, 0.15) is 0 Å². The number of rotatable bonds is 8. The molecule has 0 aliphatic rings. The predicted octanol–water partition coefficient (Wildman–Crippen LogP) is 3.14. The summed E-state index contributed by atoms with van der Waals surface area (Å²) in [5, 5.41) is 0. The topological polar surface area (TPSA) is 134 Å². The monoisotopic (exact) mass is 382 g/mol. The smallest absolute Gasteiger partial charge is 0.377 e. The highest BCUT2D eigenvalue weighted by molar-refractivity contribution is 7.60. The molecule has 0 amide bonds. The average Bonchev–Trinajstić information content (AvgIpc) is 2.44. The molecule has 8 nitrogen and oxygen atoms in total. The van der Waals surface area contributed by atoms with Crippen LogP contribution in [0.1, 0.15) is 32.3 Å². The zero-order valence-corrected chi connectivity index (χ0v) is 15.4. The van der Waals surface area contributed by atoms with Crippen LogP contribution in [0, 0.1) is 0 Å². The molecule has 1 rings (SSSR count). The third-order valence-corrected chi connectivity index (χ3v) is 4.38. The van der Waals surface area contributed by atoms with E-state index in [1.54, 1.807) is 0 Å². The first-order chi connectivity index (χ1) is 11.0. The van der Waals surface area contributed by atoms with Crippen LogP contribution >= 0.6 is 15.6 Å². The minimum absolute atomic E-state index is 0.732. The minimum Gasteiger partial charge on any atom is -0.377 e. The van der Waals surface area contributed by atoms with Crippen LogP contribution in [0.25, 0.3) is 0 Å². The molecule has 4 N–H and O–H groups in total. The zero-order valence-electron chi connectivity index (χ0n) is 13.6. The summed E-state index contributed by atoms with van der Waals surface area (Å²) in [6.07, 6.45) is 4.42. The number of benzene rings is 1. The van der Waals surface area contributed by atoms with Crippen molar-refractivity contribution in [3.05, 3.63) is 47.5 Å². The molecule has 10 heteroatoms. The van der Waals surface area contributed by atoms with Gasteiger partial charge in [-0.25, -0.2) is 9.13 Å². The Labute approximate surface area is 141 Å². The van der Waals surface area contributed by atoms with Crippen LogP contribution < -0.4 is 0 Å². The number of ether oxygens (including phenoxy) is 1. The van der Waals surface area contributed by atoms with E-state index in [0.717, 1.165) is 26.1 Å². The van der Waals surface area contributed by atoms with Gasteiger partial charge in [-0.2, -0.15) is 4.31 Å². The van der Waals surface area contributed by atoms with Crippen LogP contribution in [0.2, 0.25) is 0 Å². The van der Waals surface area contributed by atoms with Gasteiger partial charge in [-0.3, -0.25) is 0 Å². The Morgan fingerprint density at radius 1 is 1.08 bits per heavy atom. The molecule has 0 saturated carbocycles. The minimum atomic E-state index is -5.05. The van der Waals surface area contributed by atoms with E-state index < -0.39 is 15.6 Å². The second-order valence-electron chi connectivity index (χ2n) is 4.84. The molecule has 1 aromatic carbocycles. The predicted molar refractivity (Wildman–Crippen MR) is 89.9 cm³/mol. The summed E-state index contributed by atoms with van der Waals surface area (Å²) in [7, 11) is -10.1. The summed E-state index contributed by atoms with van der Waals surface area (Å²) >= 11 is 0. The van der Waals surface area contributed by atoms with Crippen LogP contribution in [-0.2, 0) is 24.8 Å².